The fourth-order valence-electron chi connectivity index (χ4n) is 1.36. The van der Waals surface area contributed by atoms with E-state index in [4.69, 9.17) is 21.8 Å². The van der Waals surface area contributed by atoms with Gasteiger partial charge in [0.1, 0.15) is 11.1 Å². The second-order valence-corrected chi connectivity index (χ2v) is 3.86. The Labute approximate surface area is 115 Å². The summed E-state index contributed by atoms with van der Waals surface area (Å²) in [5.74, 6) is -4.73. The van der Waals surface area contributed by atoms with E-state index in [1.165, 1.54) is 0 Å². The zero-order valence-corrected chi connectivity index (χ0v) is 10.1. The molecule has 0 saturated carbocycles. The lowest BCUT2D eigenvalue weighted by molar-refractivity contribution is -0.150. The molecular formula is C9H2ClF6NO4. The highest BCUT2D eigenvalue weighted by atomic mass is 35.5. The van der Waals surface area contributed by atoms with E-state index in [1.54, 1.807) is 0 Å². The van der Waals surface area contributed by atoms with E-state index in [1.807, 2.05) is 0 Å². The lowest BCUT2D eigenvalue weighted by Crippen LogP contribution is -2.24. The minimum atomic E-state index is -5.58. The van der Waals surface area contributed by atoms with Crippen LogP contribution in [0.1, 0.15) is 32.1 Å². The van der Waals surface area contributed by atoms with Crippen LogP contribution in [-0.4, -0.2) is 27.1 Å². The fourth-order valence-corrected chi connectivity index (χ4v) is 1.70. The van der Waals surface area contributed by atoms with Crippen molar-refractivity contribution in [3.8, 4) is 0 Å². The van der Waals surface area contributed by atoms with Crippen molar-refractivity contribution in [2.45, 2.75) is 12.4 Å². The lowest BCUT2D eigenvalue weighted by Gasteiger charge is -2.17. The molecule has 1 aromatic rings. The summed E-state index contributed by atoms with van der Waals surface area (Å²) in [6.07, 6.45) is -11.2. The maximum absolute atomic E-state index is 12.6. The molecule has 21 heavy (non-hydrogen) atoms. The summed E-state index contributed by atoms with van der Waals surface area (Å²) >= 11 is 5.12. The molecule has 12 heteroatoms. The second kappa shape index (κ2) is 5.06. The van der Waals surface area contributed by atoms with Gasteiger partial charge in [-0.2, -0.15) is 26.3 Å². The van der Waals surface area contributed by atoms with Gasteiger partial charge in [-0.25, -0.2) is 14.6 Å². The summed E-state index contributed by atoms with van der Waals surface area (Å²) < 4.78 is 75.5. The second-order valence-electron chi connectivity index (χ2n) is 3.48. The molecule has 0 aliphatic heterocycles. The zero-order chi connectivity index (χ0) is 16.7. The van der Waals surface area contributed by atoms with E-state index in [0.717, 1.165) is 0 Å². The van der Waals surface area contributed by atoms with Crippen LogP contribution in [0.25, 0.3) is 0 Å². The number of aromatic nitrogens is 1. The van der Waals surface area contributed by atoms with Crippen molar-refractivity contribution < 1.29 is 46.1 Å². The molecule has 116 valence electrons. The summed E-state index contributed by atoms with van der Waals surface area (Å²) in [6.45, 7) is 0. The SMILES string of the molecule is O=C(O)c1c(C(F)(F)F)nc(C(F)(F)F)c(C(=O)O)c1Cl. The van der Waals surface area contributed by atoms with Crippen molar-refractivity contribution in [2.24, 2.45) is 0 Å². The number of halogens is 7. The standard InChI is InChI=1S/C9H2ClF6NO4/c10-3-1(6(18)19)4(8(11,12)13)17-5(9(14,15)16)2(3)7(20)21/h(H,18,19)(H,20,21). The van der Waals surface area contributed by atoms with E-state index in [0.29, 0.717) is 0 Å². The summed E-state index contributed by atoms with van der Waals surface area (Å²) in [4.78, 5) is 23.6. The fraction of sp³-hybridized carbons (Fsp3) is 0.222. The first kappa shape index (κ1) is 17.0. The number of nitrogens with zero attached hydrogens (tertiary/aromatic N) is 1. The van der Waals surface area contributed by atoms with Gasteiger partial charge >= 0.3 is 24.3 Å². The van der Waals surface area contributed by atoms with Gasteiger partial charge in [-0.1, -0.05) is 11.6 Å². The molecular weight excluding hydrogens is 336 g/mol. The maximum atomic E-state index is 12.6. The average Bonchev–Trinajstić information content (AvgIpc) is 2.23. The number of carbonyl (C=O) groups is 2. The molecule has 1 rings (SSSR count). The Morgan fingerprint density at radius 2 is 1.14 bits per heavy atom. The van der Waals surface area contributed by atoms with Crippen LogP contribution in [0.15, 0.2) is 0 Å². The lowest BCUT2D eigenvalue weighted by atomic mass is 10.1. The van der Waals surface area contributed by atoms with Gasteiger partial charge < -0.3 is 10.2 Å². The predicted molar refractivity (Wildman–Crippen MR) is 53.2 cm³/mol. The van der Waals surface area contributed by atoms with Gasteiger partial charge in [-0.05, 0) is 0 Å². The summed E-state index contributed by atoms with van der Waals surface area (Å²) in [6, 6.07) is 0. The van der Waals surface area contributed by atoms with E-state index >= 15 is 0 Å². The molecule has 0 bridgehead atoms. The van der Waals surface area contributed by atoms with Crippen molar-refractivity contribution in [2.75, 3.05) is 0 Å². The minimum Gasteiger partial charge on any atom is -0.478 e. The van der Waals surface area contributed by atoms with Gasteiger partial charge in [0.05, 0.1) is 5.02 Å². The van der Waals surface area contributed by atoms with Crippen LogP contribution < -0.4 is 0 Å². The first-order chi connectivity index (χ1) is 9.28. The number of carboxylic acid groups (broad SMARTS) is 2. The third kappa shape index (κ3) is 3.17. The van der Waals surface area contributed by atoms with Crippen molar-refractivity contribution >= 4 is 23.5 Å². The Balaban J connectivity index is 3.99. The number of hydrogen-bond donors (Lipinski definition) is 2. The smallest absolute Gasteiger partial charge is 0.434 e. The normalized spacial score (nSPS) is 12.3. The molecule has 2 N–H and O–H groups in total. The van der Waals surface area contributed by atoms with Crippen molar-refractivity contribution in [1.29, 1.82) is 0 Å². The van der Waals surface area contributed by atoms with Crippen LogP contribution in [0.3, 0.4) is 0 Å². The molecule has 0 radical (unpaired) electrons. The third-order valence-corrected chi connectivity index (χ3v) is 2.48. The molecule has 0 aliphatic rings. The number of rotatable bonds is 2. The zero-order valence-electron chi connectivity index (χ0n) is 9.30. The monoisotopic (exact) mass is 337 g/mol. The molecule has 0 aromatic carbocycles. The van der Waals surface area contributed by atoms with Crippen LogP contribution >= 0.6 is 11.6 Å². The Bertz CT molecular complexity index is 574. The van der Waals surface area contributed by atoms with Crippen LogP contribution in [0.5, 0.6) is 0 Å². The van der Waals surface area contributed by atoms with Crippen molar-refractivity contribution in [3.05, 3.63) is 27.5 Å². The topological polar surface area (TPSA) is 87.5 Å². The highest BCUT2D eigenvalue weighted by Gasteiger charge is 2.46. The van der Waals surface area contributed by atoms with E-state index in [-0.39, 0.29) is 0 Å². The summed E-state index contributed by atoms with van der Waals surface area (Å²) in [7, 11) is 0. The Hall–Kier alpha value is -2.04. The number of hydrogen-bond acceptors (Lipinski definition) is 3. The van der Waals surface area contributed by atoms with Crippen LogP contribution in [0, 0.1) is 0 Å². The van der Waals surface area contributed by atoms with Gasteiger partial charge in [-0.3, -0.25) is 0 Å². The Morgan fingerprint density at radius 1 is 0.857 bits per heavy atom. The highest BCUT2D eigenvalue weighted by Crippen LogP contribution is 2.40. The van der Waals surface area contributed by atoms with E-state index < -0.39 is 51.8 Å². The van der Waals surface area contributed by atoms with Crippen molar-refractivity contribution in [3.63, 3.8) is 0 Å². The molecule has 5 nitrogen and oxygen atoms in total. The van der Waals surface area contributed by atoms with Crippen LogP contribution in [-0.2, 0) is 12.4 Å². The largest absolute Gasteiger partial charge is 0.478 e. The Morgan fingerprint density at radius 3 is 1.33 bits per heavy atom. The number of carboxylic acids is 2. The molecule has 0 fully saturated rings. The van der Waals surface area contributed by atoms with Gasteiger partial charge in [0.15, 0.2) is 11.4 Å². The maximum Gasteiger partial charge on any atom is 0.434 e. The molecule has 0 atom stereocenters. The number of aromatic carboxylic acids is 2. The molecule has 0 aliphatic carbocycles. The minimum absolute atomic E-state index is 1.70. The molecule has 0 spiro atoms. The molecule has 0 saturated heterocycles. The van der Waals surface area contributed by atoms with Gasteiger partial charge in [-0.15, -0.1) is 0 Å². The summed E-state index contributed by atoms with van der Waals surface area (Å²) in [5, 5.41) is 15.5. The van der Waals surface area contributed by atoms with E-state index in [9.17, 15) is 35.9 Å². The van der Waals surface area contributed by atoms with Gasteiger partial charge in [0.25, 0.3) is 0 Å². The Kier molecular flexibility index (Phi) is 4.10. The van der Waals surface area contributed by atoms with Crippen LogP contribution in [0.2, 0.25) is 5.02 Å². The number of alkyl halides is 6. The molecule has 0 unspecified atom stereocenters. The summed E-state index contributed by atoms with van der Waals surface area (Å²) in [5.41, 5.74) is -8.60. The van der Waals surface area contributed by atoms with Crippen LogP contribution in [0.4, 0.5) is 26.3 Å². The van der Waals surface area contributed by atoms with Gasteiger partial charge in [0, 0.05) is 0 Å². The number of pyridine rings is 1. The predicted octanol–water partition coefficient (Wildman–Crippen LogP) is 3.17. The van der Waals surface area contributed by atoms with Gasteiger partial charge in [0.2, 0.25) is 0 Å². The molecule has 0 amide bonds. The van der Waals surface area contributed by atoms with Crippen molar-refractivity contribution in [1.82, 2.24) is 4.98 Å². The third-order valence-electron chi connectivity index (χ3n) is 2.10. The van der Waals surface area contributed by atoms with E-state index in [2.05, 4.69) is 4.98 Å². The molecule has 1 aromatic heterocycles. The first-order valence-electron chi connectivity index (χ1n) is 4.63. The average molecular weight is 338 g/mol. The highest BCUT2D eigenvalue weighted by molar-refractivity contribution is 6.36. The molecule has 1 heterocycles. The quantitative estimate of drug-likeness (QED) is 0.809. The first-order valence-corrected chi connectivity index (χ1v) is 5.00.